The molecular formula is C22H22N2O4. The number of pyridine rings is 1. The summed E-state index contributed by atoms with van der Waals surface area (Å²) in [5, 5.41) is 0. The molecule has 0 saturated heterocycles. The van der Waals surface area contributed by atoms with E-state index in [0.29, 0.717) is 17.9 Å². The number of esters is 1. The Bertz CT molecular complexity index is 1010. The lowest BCUT2D eigenvalue weighted by Gasteiger charge is -2.15. The lowest BCUT2D eigenvalue weighted by molar-refractivity contribution is -0.139. The fraction of sp³-hybridized carbons (Fsp3) is 0.182. The van der Waals surface area contributed by atoms with Crippen LogP contribution in [0.2, 0.25) is 0 Å². The second-order valence-corrected chi connectivity index (χ2v) is 6.26. The number of nitrogens with one attached hydrogen (secondary N) is 1. The third-order valence-electron chi connectivity index (χ3n) is 4.36. The van der Waals surface area contributed by atoms with Crippen LogP contribution in [-0.2, 0) is 22.5 Å². The van der Waals surface area contributed by atoms with E-state index in [2.05, 4.69) is 10.2 Å². The molecule has 3 rings (SSSR count). The highest BCUT2D eigenvalue weighted by molar-refractivity contribution is 5.72. The van der Waals surface area contributed by atoms with Crippen LogP contribution in [0.5, 0.6) is 11.5 Å². The van der Waals surface area contributed by atoms with Crippen LogP contribution in [0, 0.1) is 6.92 Å². The van der Waals surface area contributed by atoms with Crippen LogP contribution in [-0.4, -0.2) is 17.8 Å². The molecule has 28 heavy (non-hydrogen) atoms. The Morgan fingerprint density at radius 2 is 1.75 bits per heavy atom. The second kappa shape index (κ2) is 8.90. The van der Waals surface area contributed by atoms with Crippen molar-refractivity contribution < 1.29 is 14.3 Å². The number of hydrogen-bond acceptors (Lipinski definition) is 5. The van der Waals surface area contributed by atoms with Gasteiger partial charge in [-0.1, -0.05) is 36.4 Å². The predicted molar refractivity (Wildman–Crippen MR) is 107 cm³/mol. The summed E-state index contributed by atoms with van der Waals surface area (Å²) in [5.74, 6) is 0.999. The molecule has 0 saturated carbocycles. The van der Waals surface area contributed by atoms with Gasteiger partial charge in [-0.2, -0.15) is 0 Å². The minimum Gasteiger partial charge on any atom is -0.469 e. The van der Waals surface area contributed by atoms with Gasteiger partial charge in [0.25, 0.3) is 5.56 Å². The molecule has 0 radical (unpaired) electrons. The summed E-state index contributed by atoms with van der Waals surface area (Å²) in [6.07, 6.45) is 1.59. The van der Waals surface area contributed by atoms with Crippen molar-refractivity contribution in [2.45, 2.75) is 19.9 Å². The molecule has 1 aromatic heterocycles. The largest absolute Gasteiger partial charge is 0.469 e. The number of hydrogen-bond donors (Lipinski definition) is 1. The van der Waals surface area contributed by atoms with Crippen LogP contribution in [0.25, 0.3) is 0 Å². The zero-order valence-corrected chi connectivity index (χ0v) is 15.8. The van der Waals surface area contributed by atoms with Gasteiger partial charge in [-0.05, 0) is 36.8 Å². The minimum atomic E-state index is -0.445. The molecule has 0 fully saturated rings. The molecule has 6 nitrogen and oxygen atoms in total. The molecule has 0 spiro atoms. The van der Waals surface area contributed by atoms with Gasteiger partial charge in [0.2, 0.25) is 0 Å². The van der Waals surface area contributed by atoms with E-state index in [1.807, 2.05) is 54.6 Å². The normalized spacial score (nSPS) is 10.4. The van der Waals surface area contributed by atoms with Crippen molar-refractivity contribution in [1.82, 2.24) is 4.68 Å². The summed E-state index contributed by atoms with van der Waals surface area (Å²) in [5.41, 5.74) is 4.88. The first-order valence-electron chi connectivity index (χ1n) is 8.91. The predicted octanol–water partition coefficient (Wildman–Crippen LogP) is 3.41. The molecule has 2 aromatic carbocycles. The van der Waals surface area contributed by atoms with Gasteiger partial charge < -0.3 is 14.9 Å². The number of methoxy groups -OCH3 is 1. The van der Waals surface area contributed by atoms with E-state index < -0.39 is 5.97 Å². The summed E-state index contributed by atoms with van der Waals surface area (Å²) in [6, 6.07) is 18.9. The molecule has 0 atom stereocenters. The number of carbonyl (C=O) groups excluding carboxylic acids is 1. The first-order chi connectivity index (χ1) is 13.6. The number of ether oxygens (including phenoxy) is 2. The fourth-order valence-corrected chi connectivity index (χ4v) is 2.76. The molecule has 0 unspecified atom stereocenters. The Morgan fingerprint density at radius 1 is 1.04 bits per heavy atom. The molecule has 6 heteroatoms. The Labute approximate surface area is 163 Å². The van der Waals surface area contributed by atoms with E-state index in [1.54, 1.807) is 19.2 Å². The monoisotopic (exact) mass is 378 g/mol. The number of benzene rings is 2. The molecular weight excluding hydrogens is 356 g/mol. The highest BCUT2D eigenvalue weighted by atomic mass is 16.5. The Kier molecular flexibility index (Phi) is 6.11. The van der Waals surface area contributed by atoms with Gasteiger partial charge in [-0.15, -0.1) is 0 Å². The maximum absolute atomic E-state index is 12.7. The zero-order valence-electron chi connectivity index (χ0n) is 15.8. The van der Waals surface area contributed by atoms with Crippen LogP contribution < -0.4 is 15.7 Å². The number of nitrogens with zero attached hydrogens (tertiary/aromatic N) is 1. The number of aryl methyl sites for hydroxylation is 1. The third-order valence-corrected chi connectivity index (χ3v) is 4.36. The van der Waals surface area contributed by atoms with E-state index in [9.17, 15) is 9.59 Å². The maximum atomic E-state index is 12.7. The van der Waals surface area contributed by atoms with Gasteiger partial charge in [-0.3, -0.25) is 9.59 Å². The molecule has 0 bridgehead atoms. The van der Waals surface area contributed by atoms with Crippen molar-refractivity contribution in [2.75, 3.05) is 12.5 Å². The summed E-state index contributed by atoms with van der Waals surface area (Å²) >= 11 is 0. The van der Waals surface area contributed by atoms with Gasteiger partial charge in [0.1, 0.15) is 11.5 Å². The summed E-state index contributed by atoms with van der Waals surface area (Å²) in [7, 11) is 1.31. The number of rotatable bonds is 7. The van der Waals surface area contributed by atoms with E-state index >= 15 is 0 Å². The smallest absolute Gasteiger partial charge is 0.310 e. The highest BCUT2D eigenvalue weighted by Crippen LogP contribution is 2.25. The Hall–Kier alpha value is -3.54. The van der Waals surface area contributed by atoms with Gasteiger partial charge in [0, 0.05) is 17.3 Å². The first kappa shape index (κ1) is 19.2. The third kappa shape index (κ3) is 4.59. The summed E-state index contributed by atoms with van der Waals surface area (Å²) < 4.78 is 12.0. The molecule has 0 aliphatic rings. The van der Waals surface area contributed by atoms with Crippen molar-refractivity contribution in [3.05, 3.63) is 93.9 Å². The van der Waals surface area contributed by atoms with Crippen molar-refractivity contribution >= 4 is 5.97 Å². The number of para-hydroxylation sites is 2. The lowest BCUT2D eigenvalue weighted by atomic mass is 10.1. The average molecular weight is 378 g/mol. The lowest BCUT2D eigenvalue weighted by Crippen LogP contribution is -2.32. The van der Waals surface area contributed by atoms with Crippen molar-refractivity contribution in [2.24, 2.45) is 0 Å². The molecule has 144 valence electrons. The first-order valence-corrected chi connectivity index (χ1v) is 8.91. The van der Waals surface area contributed by atoms with E-state index in [-0.39, 0.29) is 12.0 Å². The SMILES string of the molecule is COC(=O)Cc1c(C)ccn(NCc2ccccc2Oc2ccccc2)c1=O. The van der Waals surface area contributed by atoms with Crippen LogP contribution in [0.3, 0.4) is 0 Å². The van der Waals surface area contributed by atoms with Crippen LogP contribution in [0.4, 0.5) is 0 Å². The Morgan fingerprint density at radius 3 is 2.50 bits per heavy atom. The second-order valence-electron chi connectivity index (χ2n) is 6.26. The molecule has 3 aromatic rings. The minimum absolute atomic E-state index is 0.0581. The zero-order chi connectivity index (χ0) is 19.9. The van der Waals surface area contributed by atoms with Crippen molar-refractivity contribution in [1.29, 1.82) is 0 Å². The number of aromatic nitrogens is 1. The Balaban J connectivity index is 1.79. The van der Waals surface area contributed by atoms with Gasteiger partial charge in [0.05, 0.1) is 20.1 Å². The van der Waals surface area contributed by atoms with Gasteiger partial charge >= 0.3 is 5.97 Å². The van der Waals surface area contributed by atoms with Crippen LogP contribution >= 0.6 is 0 Å². The summed E-state index contributed by atoms with van der Waals surface area (Å²) in [4.78, 5) is 24.3. The van der Waals surface area contributed by atoms with Crippen LogP contribution in [0.1, 0.15) is 16.7 Å². The topological polar surface area (TPSA) is 69.6 Å². The van der Waals surface area contributed by atoms with E-state index in [0.717, 1.165) is 16.9 Å². The van der Waals surface area contributed by atoms with Crippen LogP contribution in [0.15, 0.2) is 71.7 Å². The maximum Gasteiger partial charge on any atom is 0.310 e. The fourth-order valence-electron chi connectivity index (χ4n) is 2.76. The quantitative estimate of drug-likeness (QED) is 0.638. The molecule has 0 aliphatic heterocycles. The number of carbonyl (C=O) groups is 1. The standard InChI is InChI=1S/C22H22N2O4/c1-16-12-13-24(22(26)19(16)14-21(25)27-2)23-15-17-8-6-7-11-20(17)28-18-9-4-3-5-10-18/h3-13,23H,14-15H2,1-2H3. The molecule has 1 N–H and O–H groups in total. The van der Waals surface area contributed by atoms with E-state index in [1.165, 1.54) is 11.8 Å². The highest BCUT2D eigenvalue weighted by Gasteiger charge is 2.13. The van der Waals surface area contributed by atoms with Gasteiger partial charge in [-0.25, -0.2) is 4.68 Å². The molecule has 0 aliphatic carbocycles. The summed E-state index contributed by atoms with van der Waals surface area (Å²) in [6.45, 7) is 2.18. The van der Waals surface area contributed by atoms with Crippen molar-refractivity contribution in [3.8, 4) is 11.5 Å². The van der Waals surface area contributed by atoms with Gasteiger partial charge in [0.15, 0.2) is 0 Å². The molecule has 1 heterocycles. The average Bonchev–Trinajstić information content (AvgIpc) is 2.72. The van der Waals surface area contributed by atoms with E-state index in [4.69, 9.17) is 4.74 Å². The molecule has 0 amide bonds. The van der Waals surface area contributed by atoms with Crippen molar-refractivity contribution in [3.63, 3.8) is 0 Å².